The molecule has 0 radical (unpaired) electrons. The normalized spacial score (nSPS) is 21.8. The molecule has 2 aromatic rings. The molecule has 1 aliphatic heterocycles. The average Bonchev–Trinajstić information content (AvgIpc) is 3.07. The maximum atomic E-state index is 13.2. The molecular weight excluding hydrogens is 302 g/mol. The Balaban J connectivity index is 1.50. The number of hydrogen-bond donors (Lipinski definition) is 1. The van der Waals surface area contributed by atoms with E-state index in [-0.39, 0.29) is 11.3 Å². The SMILES string of the molecule is COc1ccc(C2(C(=O)N3CC[C@@H](c4[nH]ncc4C)C3)CC2)cc1. The van der Waals surface area contributed by atoms with Crippen molar-refractivity contribution in [3.05, 3.63) is 47.3 Å². The third-order valence-corrected chi connectivity index (χ3v) is 5.55. The maximum absolute atomic E-state index is 13.2. The summed E-state index contributed by atoms with van der Waals surface area (Å²) in [5.74, 6) is 1.49. The van der Waals surface area contributed by atoms with Crippen LogP contribution in [-0.4, -0.2) is 41.2 Å². The molecule has 2 aliphatic rings. The van der Waals surface area contributed by atoms with Crippen molar-refractivity contribution >= 4 is 5.91 Å². The largest absolute Gasteiger partial charge is 0.497 e. The molecule has 0 bridgehead atoms. The molecule has 4 rings (SSSR count). The van der Waals surface area contributed by atoms with Crippen LogP contribution >= 0.6 is 0 Å². The molecule has 2 fully saturated rings. The summed E-state index contributed by atoms with van der Waals surface area (Å²) in [6, 6.07) is 7.97. The van der Waals surface area contributed by atoms with E-state index in [4.69, 9.17) is 4.74 Å². The fourth-order valence-corrected chi connectivity index (χ4v) is 3.91. The summed E-state index contributed by atoms with van der Waals surface area (Å²) in [4.78, 5) is 15.2. The minimum atomic E-state index is -0.301. The van der Waals surface area contributed by atoms with Crippen LogP contribution in [0.3, 0.4) is 0 Å². The second kappa shape index (κ2) is 5.65. The number of aromatic nitrogens is 2. The highest BCUT2D eigenvalue weighted by molar-refractivity contribution is 5.91. The highest BCUT2D eigenvalue weighted by Gasteiger charge is 2.53. The third kappa shape index (κ3) is 2.39. The van der Waals surface area contributed by atoms with Gasteiger partial charge in [-0.05, 0) is 49.4 Å². The zero-order valence-electron chi connectivity index (χ0n) is 14.2. The summed E-state index contributed by atoms with van der Waals surface area (Å²) in [5, 5.41) is 7.22. The predicted molar refractivity (Wildman–Crippen MR) is 91.2 cm³/mol. The van der Waals surface area contributed by atoms with Crippen molar-refractivity contribution in [3.8, 4) is 5.75 Å². The number of aryl methyl sites for hydroxylation is 1. The Bertz CT molecular complexity index is 746. The summed E-state index contributed by atoms with van der Waals surface area (Å²) in [7, 11) is 1.66. The molecule has 1 amide bonds. The molecule has 1 saturated carbocycles. The van der Waals surface area contributed by atoms with E-state index < -0.39 is 0 Å². The Labute approximate surface area is 142 Å². The Morgan fingerprint density at radius 3 is 2.67 bits per heavy atom. The topological polar surface area (TPSA) is 58.2 Å². The van der Waals surface area contributed by atoms with E-state index in [0.29, 0.717) is 5.92 Å². The van der Waals surface area contributed by atoms with Gasteiger partial charge in [-0.3, -0.25) is 9.89 Å². The van der Waals surface area contributed by atoms with Gasteiger partial charge < -0.3 is 9.64 Å². The zero-order chi connectivity index (χ0) is 16.7. The molecule has 5 heteroatoms. The molecule has 1 aromatic heterocycles. The van der Waals surface area contributed by atoms with E-state index in [1.807, 2.05) is 35.4 Å². The number of nitrogens with zero attached hydrogens (tertiary/aromatic N) is 2. The second-order valence-corrected chi connectivity index (χ2v) is 7.01. The number of benzene rings is 1. The molecule has 1 N–H and O–H groups in total. The fourth-order valence-electron chi connectivity index (χ4n) is 3.91. The number of carbonyl (C=O) groups excluding carboxylic acids is 1. The minimum absolute atomic E-state index is 0.285. The lowest BCUT2D eigenvalue weighted by Crippen LogP contribution is -2.37. The van der Waals surface area contributed by atoms with E-state index in [9.17, 15) is 4.79 Å². The van der Waals surface area contributed by atoms with Crippen molar-refractivity contribution in [1.82, 2.24) is 15.1 Å². The first-order chi connectivity index (χ1) is 11.6. The van der Waals surface area contributed by atoms with E-state index in [2.05, 4.69) is 17.1 Å². The van der Waals surface area contributed by atoms with Gasteiger partial charge in [-0.15, -0.1) is 0 Å². The molecule has 126 valence electrons. The summed E-state index contributed by atoms with van der Waals surface area (Å²) in [5.41, 5.74) is 3.18. The van der Waals surface area contributed by atoms with Crippen molar-refractivity contribution in [1.29, 1.82) is 0 Å². The van der Waals surface area contributed by atoms with Crippen LogP contribution < -0.4 is 4.74 Å². The lowest BCUT2D eigenvalue weighted by molar-refractivity contribution is -0.132. The Kier molecular flexibility index (Phi) is 3.59. The van der Waals surface area contributed by atoms with Crippen molar-refractivity contribution in [2.24, 2.45) is 0 Å². The lowest BCUT2D eigenvalue weighted by Gasteiger charge is -2.24. The van der Waals surface area contributed by atoms with E-state index >= 15 is 0 Å². The molecule has 5 nitrogen and oxygen atoms in total. The van der Waals surface area contributed by atoms with Gasteiger partial charge in [-0.1, -0.05) is 12.1 Å². The van der Waals surface area contributed by atoms with Crippen LogP contribution in [0.5, 0.6) is 5.75 Å². The van der Waals surface area contributed by atoms with Crippen LogP contribution in [0.1, 0.15) is 42.0 Å². The van der Waals surface area contributed by atoms with Gasteiger partial charge in [0, 0.05) is 24.7 Å². The molecule has 24 heavy (non-hydrogen) atoms. The van der Waals surface area contributed by atoms with Crippen molar-refractivity contribution in [2.75, 3.05) is 20.2 Å². The fraction of sp³-hybridized carbons (Fsp3) is 0.474. The Morgan fingerprint density at radius 1 is 1.33 bits per heavy atom. The van der Waals surface area contributed by atoms with Gasteiger partial charge >= 0.3 is 0 Å². The summed E-state index contributed by atoms with van der Waals surface area (Å²) >= 11 is 0. The summed E-state index contributed by atoms with van der Waals surface area (Å²) in [6.45, 7) is 3.70. The molecule has 0 spiro atoms. The number of amides is 1. The third-order valence-electron chi connectivity index (χ3n) is 5.55. The first-order valence-corrected chi connectivity index (χ1v) is 8.58. The molecule has 1 aliphatic carbocycles. The van der Waals surface area contributed by atoms with Crippen LogP contribution in [0.4, 0.5) is 0 Å². The Hall–Kier alpha value is -2.30. The number of rotatable bonds is 4. The number of hydrogen-bond acceptors (Lipinski definition) is 3. The lowest BCUT2D eigenvalue weighted by atomic mass is 9.94. The van der Waals surface area contributed by atoms with Gasteiger partial charge in [0.1, 0.15) is 5.75 Å². The van der Waals surface area contributed by atoms with Crippen LogP contribution in [0.15, 0.2) is 30.5 Å². The van der Waals surface area contributed by atoms with E-state index in [1.165, 1.54) is 11.3 Å². The molecule has 1 atom stereocenters. The summed E-state index contributed by atoms with van der Waals surface area (Å²) < 4.78 is 5.22. The quantitative estimate of drug-likeness (QED) is 0.940. The van der Waals surface area contributed by atoms with Crippen LogP contribution in [0.2, 0.25) is 0 Å². The van der Waals surface area contributed by atoms with Crippen LogP contribution in [0, 0.1) is 6.92 Å². The number of nitrogens with one attached hydrogen (secondary N) is 1. The van der Waals surface area contributed by atoms with Gasteiger partial charge in [-0.2, -0.15) is 5.10 Å². The van der Waals surface area contributed by atoms with E-state index in [0.717, 1.165) is 43.7 Å². The molecule has 1 saturated heterocycles. The number of ether oxygens (including phenoxy) is 1. The monoisotopic (exact) mass is 325 g/mol. The predicted octanol–water partition coefficient (Wildman–Crippen LogP) is 2.77. The summed E-state index contributed by atoms with van der Waals surface area (Å²) in [6.07, 6.45) is 4.76. The van der Waals surface area contributed by atoms with Gasteiger partial charge in [0.2, 0.25) is 5.91 Å². The highest BCUT2D eigenvalue weighted by Crippen LogP contribution is 2.50. The molecular formula is C19H23N3O2. The zero-order valence-corrected chi connectivity index (χ0v) is 14.2. The standard InChI is InChI=1S/C19H23N3O2/c1-13-11-20-21-17(13)14-7-10-22(12-14)18(23)19(8-9-19)15-3-5-16(24-2)6-4-15/h3-6,11,14H,7-10,12H2,1-2H3,(H,20,21)/t14-/m1/s1. The first kappa shape index (κ1) is 15.2. The van der Waals surface area contributed by atoms with E-state index in [1.54, 1.807) is 7.11 Å². The van der Waals surface area contributed by atoms with Gasteiger partial charge in [0.05, 0.1) is 18.7 Å². The molecule has 0 unspecified atom stereocenters. The van der Waals surface area contributed by atoms with Gasteiger partial charge in [0.15, 0.2) is 0 Å². The smallest absolute Gasteiger partial charge is 0.233 e. The van der Waals surface area contributed by atoms with Gasteiger partial charge in [0.25, 0.3) is 0 Å². The number of methoxy groups -OCH3 is 1. The number of carbonyl (C=O) groups is 1. The number of likely N-dealkylation sites (tertiary alicyclic amines) is 1. The second-order valence-electron chi connectivity index (χ2n) is 7.01. The maximum Gasteiger partial charge on any atom is 0.233 e. The first-order valence-electron chi connectivity index (χ1n) is 8.58. The van der Waals surface area contributed by atoms with Crippen LogP contribution in [-0.2, 0) is 10.2 Å². The minimum Gasteiger partial charge on any atom is -0.497 e. The van der Waals surface area contributed by atoms with Crippen molar-refractivity contribution in [3.63, 3.8) is 0 Å². The van der Waals surface area contributed by atoms with Crippen molar-refractivity contribution in [2.45, 2.75) is 37.5 Å². The molecule has 2 heterocycles. The van der Waals surface area contributed by atoms with Gasteiger partial charge in [-0.25, -0.2) is 0 Å². The van der Waals surface area contributed by atoms with Crippen molar-refractivity contribution < 1.29 is 9.53 Å². The highest BCUT2D eigenvalue weighted by atomic mass is 16.5. The molecule has 1 aromatic carbocycles. The Morgan fingerprint density at radius 2 is 2.08 bits per heavy atom. The number of H-pyrrole nitrogens is 1. The average molecular weight is 325 g/mol. The van der Waals surface area contributed by atoms with Crippen LogP contribution in [0.25, 0.3) is 0 Å². The number of aromatic amines is 1.